The maximum atomic E-state index is 5.58. The summed E-state index contributed by atoms with van der Waals surface area (Å²) in [4.78, 5) is 14.2. The third-order valence-electron chi connectivity index (χ3n) is 4.38. The molecule has 5 nitrogen and oxygen atoms in total. The van der Waals surface area contributed by atoms with Gasteiger partial charge < -0.3 is 9.47 Å². The van der Waals surface area contributed by atoms with Gasteiger partial charge in [0.05, 0.1) is 25.4 Å². The molecule has 2 aromatic heterocycles. The average molecular weight is 357 g/mol. The smallest absolute Gasteiger partial charge is 0.179 e. The molecule has 2 aromatic carbocycles. The second-order valence-corrected chi connectivity index (χ2v) is 6.14. The Balaban J connectivity index is 2.03. The Morgan fingerprint density at radius 3 is 2.41 bits per heavy atom. The maximum absolute atomic E-state index is 5.58. The minimum atomic E-state index is 0.581. The Bertz CT molecular complexity index is 1130. The summed E-state index contributed by atoms with van der Waals surface area (Å²) < 4.78 is 11.0. The highest BCUT2D eigenvalue weighted by Gasteiger charge is 2.16. The molecule has 5 heteroatoms. The van der Waals surface area contributed by atoms with Crippen molar-refractivity contribution in [2.24, 2.45) is 0 Å². The zero-order valence-corrected chi connectivity index (χ0v) is 15.4. The van der Waals surface area contributed by atoms with Gasteiger partial charge >= 0.3 is 0 Å². The topological polar surface area (TPSA) is 57.1 Å². The Morgan fingerprint density at radius 1 is 0.778 bits per heavy atom. The van der Waals surface area contributed by atoms with Crippen molar-refractivity contribution in [1.29, 1.82) is 0 Å². The number of aryl methyl sites for hydroxylation is 1. The zero-order valence-electron chi connectivity index (χ0n) is 15.4. The standard InChI is InChI=1S/C22H19N3O2/c1-14-7-6-10-19(23-14)22-24-18-9-5-4-8-16(18)21(25-22)17-13-15(26-2)11-12-20(17)27-3/h4-13H,1-3H3. The summed E-state index contributed by atoms with van der Waals surface area (Å²) in [7, 11) is 3.30. The van der Waals surface area contributed by atoms with Crippen molar-refractivity contribution in [3.05, 3.63) is 66.4 Å². The van der Waals surface area contributed by atoms with Crippen molar-refractivity contribution in [3.8, 4) is 34.3 Å². The zero-order chi connectivity index (χ0) is 18.8. The summed E-state index contributed by atoms with van der Waals surface area (Å²) in [5.74, 6) is 2.05. The number of aromatic nitrogens is 3. The van der Waals surface area contributed by atoms with Crippen molar-refractivity contribution in [2.45, 2.75) is 6.92 Å². The van der Waals surface area contributed by atoms with Gasteiger partial charge in [-0.25, -0.2) is 15.0 Å². The molecule has 0 spiro atoms. The van der Waals surface area contributed by atoms with Gasteiger partial charge in [-0.3, -0.25) is 0 Å². The van der Waals surface area contributed by atoms with E-state index in [1.165, 1.54) is 0 Å². The molecular formula is C22H19N3O2. The first-order valence-corrected chi connectivity index (χ1v) is 8.63. The lowest BCUT2D eigenvalue weighted by Gasteiger charge is -2.13. The van der Waals surface area contributed by atoms with Crippen molar-refractivity contribution in [1.82, 2.24) is 15.0 Å². The van der Waals surface area contributed by atoms with E-state index in [0.717, 1.165) is 45.0 Å². The summed E-state index contributed by atoms with van der Waals surface area (Å²) in [6.07, 6.45) is 0. The van der Waals surface area contributed by atoms with Gasteiger partial charge in [0.25, 0.3) is 0 Å². The van der Waals surface area contributed by atoms with E-state index in [-0.39, 0.29) is 0 Å². The molecular weight excluding hydrogens is 338 g/mol. The van der Waals surface area contributed by atoms with E-state index in [1.807, 2.05) is 67.6 Å². The quantitative estimate of drug-likeness (QED) is 0.530. The van der Waals surface area contributed by atoms with Crippen LogP contribution in [0.4, 0.5) is 0 Å². The Labute approximate surface area is 157 Å². The van der Waals surface area contributed by atoms with Crippen LogP contribution in [0.15, 0.2) is 60.7 Å². The Hall–Kier alpha value is -3.47. The van der Waals surface area contributed by atoms with Gasteiger partial charge in [-0.15, -0.1) is 0 Å². The predicted octanol–water partition coefficient (Wildman–Crippen LogP) is 4.68. The molecule has 4 aromatic rings. The molecule has 27 heavy (non-hydrogen) atoms. The van der Waals surface area contributed by atoms with Crippen LogP contribution in [0.5, 0.6) is 11.5 Å². The first-order chi connectivity index (χ1) is 13.2. The van der Waals surface area contributed by atoms with Crippen molar-refractivity contribution in [3.63, 3.8) is 0 Å². The summed E-state index contributed by atoms with van der Waals surface area (Å²) in [6, 6.07) is 19.5. The molecule has 0 N–H and O–H groups in total. The van der Waals surface area contributed by atoms with Crippen LogP contribution >= 0.6 is 0 Å². The first kappa shape index (κ1) is 17.0. The fourth-order valence-electron chi connectivity index (χ4n) is 3.06. The van der Waals surface area contributed by atoms with Gasteiger partial charge in [-0.2, -0.15) is 0 Å². The van der Waals surface area contributed by atoms with E-state index in [0.29, 0.717) is 5.82 Å². The number of methoxy groups -OCH3 is 2. The number of nitrogens with zero attached hydrogens (tertiary/aromatic N) is 3. The largest absolute Gasteiger partial charge is 0.497 e. The third-order valence-corrected chi connectivity index (χ3v) is 4.38. The molecule has 0 unspecified atom stereocenters. The average Bonchev–Trinajstić information content (AvgIpc) is 2.72. The summed E-state index contributed by atoms with van der Waals surface area (Å²) in [6.45, 7) is 1.95. The number of hydrogen-bond acceptors (Lipinski definition) is 5. The van der Waals surface area contributed by atoms with E-state index < -0.39 is 0 Å². The van der Waals surface area contributed by atoms with E-state index in [1.54, 1.807) is 14.2 Å². The van der Waals surface area contributed by atoms with Crippen LogP contribution in [0.1, 0.15) is 5.69 Å². The molecule has 0 fully saturated rings. The SMILES string of the molecule is COc1ccc(OC)c(-c2nc(-c3cccc(C)n3)nc3ccccc23)c1. The molecule has 0 amide bonds. The highest BCUT2D eigenvalue weighted by atomic mass is 16.5. The van der Waals surface area contributed by atoms with Crippen LogP contribution < -0.4 is 9.47 Å². The number of fused-ring (bicyclic) bond motifs is 1. The van der Waals surface area contributed by atoms with Gasteiger partial charge in [0.2, 0.25) is 0 Å². The molecule has 4 rings (SSSR count). The monoisotopic (exact) mass is 357 g/mol. The van der Waals surface area contributed by atoms with Gasteiger partial charge in [0.15, 0.2) is 5.82 Å². The molecule has 0 saturated heterocycles. The van der Waals surface area contributed by atoms with E-state index >= 15 is 0 Å². The Kier molecular flexibility index (Phi) is 4.42. The lowest BCUT2D eigenvalue weighted by molar-refractivity contribution is 0.404. The fraction of sp³-hybridized carbons (Fsp3) is 0.136. The van der Waals surface area contributed by atoms with Crippen LogP contribution in [-0.2, 0) is 0 Å². The van der Waals surface area contributed by atoms with Gasteiger partial charge in [0.1, 0.15) is 17.2 Å². The number of benzene rings is 2. The number of para-hydroxylation sites is 1. The van der Waals surface area contributed by atoms with Crippen molar-refractivity contribution < 1.29 is 9.47 Å². The second-order valence-electron chi connectivity index (χ2n) is 6.14. The lowest BCUT2D eigenvalue weighted by atomic mass is 10.0. The van der Waals surface area contributed by atoms with E-state index in [4.69, 9.17) is 19.4 Å². The molecule has 0 aliphatic heterocycles. The minimum Gasteiger partial charge on any atom is -0.497 e. The van der Waals surface area contributed by atoms with E-state index in [9.17, 15) is 0 Å². The van der Waals surface area contributed by atoms with Gasteiger partial charge in [0, 0.05) is 16.6 Å². The fourth-order valence-corrected chi connectivity index (χ4v) is 3.06. The highest BCUT2D eigenvalue weighted by molar-refractivity contribution is 5.95. The number of ether oxygens (including phenoxy) is 2. The van der Waals surface area contributed by atoms with Crippen LogP contribution in [0.25, 0.3) is 33.7 Å². The summed E-state index contributed by atoms with van der Waals surface area (Å²) >= 11 is 0. The van der Waals surface area contributed by atoms with Crippen molar-refractivity contribution in [2.75, 3.05) is 14.2 Å². The maximum Gasteiger partial charge on any atom is 0.179 e. The number of rotatable bonds is 4. The number of pyridine rings is 1. The normalized spacial score (nSPS) is 10.8. The van der Waals surface area contributed by atoms with E-state index in [2.05, 4.69) is 4.98 Å². The minimum absolute atomic E-state index is 0.581. The van der Waals surface area contributed by atoms with Crippen LogP contribution in [0.2, 0.25) is 0 Å². The van der Waals surface area contributed by atoms with Crippen molar-refractivity contribution >= 4 is 10.9 Å². The van der Waals surface area contributed by atoms with Gasteiger partial charge in [-0.1, -0.05) is 24.3 Å². The van der Waals surface area contributed by atoms with Crippen LogP contribution in [0.3, 0.4) is 0 Å². The molecule has 0 atom stereocenters. The lowest BCUT2D eigenvalue weighted by Crippen LogP contribution is -1.99. The summed E-state index contributed by atoms with van der Waals surface area (Å²) in [5.41, 5.74) is 4.15. The third kappa shape index (κ3) is 3.19. The molecule has 0 aliphatic carbocycles. The highest BCUT2D eigenvalue weighted by Crippen LogP contribution is 2.36. The molecule has 0 radical (unpaired) electrons. The van der Waals surface area contributed by atoms with Crippen LogP contribution in [0, 0.1) is 6.92 Å². The number of hydrogen-bond donors (Lipinski definition) is 0. The van der Waals surface area contributed by atoms with Crippen LogP contribution in [-0.4, -0.2) is 29.2 Å². The predicted molar refractivity (Wildman–Crippen MR) is 106 cm³/mol. The van der Waals surface area contributed by atoms with Gasteiger partial charge in [-0.05, 0) is 43.3 Å². The molecule has 2 heterocycles. The molecule has 0 bridgehead atoms. The molecule has 0 aliphatic rings. The molecule has 0 saturated carbocycles. The summed E-state index contributed by atoms with van der Waals surface area (Å²) in [5, 5.41) is 0.945. The molecule has 134 valence electrons. The first-order valence-electron chi connectivity index (χ1n) is 8.63. The second kappa shape index (κ2) is 7.03. The Morgan fingerprint density at radius 2 is 1.63 bits per heavy atom.